The van der Waals surface area contributed by atoms with Crippen LogP contribution in [0.4, 0.5) is 0 Å². The van der Waals surface area contributed by atoms with Crippen LogP contribution in [-0.4, -0.2) is 53.6 Å². The maximum Gasteiger partial charge on any atom is 0.227 e. The summed E-state index contributed by atoms with van der Waals surface area (Å²) in [5, 5.41) is 3.94. The van der Waals surface area contributed by atoms with E-state index in [2.05, 4.69) is 5.16 Å². The zero-order chi connectivity index (χ0) is 22.3. The number of aromatic nitrogens is 1. The van der Waals surface area contributed by atoms with Crippen LogP contribution in [-0.2, 0) is 34.3 Å². The fraction of sp³-hybridized carbons (Fsp3) is 0.545. The molecule has 2 aromatic rings. The third kappa shape index (κ3) is 4.77. The maximum absolute atomic E-state index is 13.1. The first-order valence-electron chi connectivity index (χ1n) is 10.6. The molecular formula is C22H29N3O5S. The summed E-state index contributed by atoms with van der Waals surface area (Å²) in [4.78, 5) is 15.0. The van der Waals surface area contributed by atoms with Gasteiger partial charge in [-0.05, 0) is 51.3 Å². The van der Waals surface area contributed by atoms with Gasteiger partial charge >= 0.3 is 0 Å². The largest absolute Gasteiger partial charge is 0.491 e. The topological polar surface area (TPSA) is 93.0 Å². The van der Waals surface area contributed by atoms with Crippen LogP contribution in [0.15, 0.2) is 22.7 Å². The van der Waals surface area contributed by atoms with E-state index in [0.29, 0.717) is 25.5 Å². The summed E-state index contributed by atoms with van der Waals surface area (Å²) in [6.07, 6.45) is 3.30. The average Bonchev–Trinajstić information content (AvgIpc) is 3.51. The molecule has 168 valence electrons. The lowest BCUT2D eigenvalue weighted by molar-refractivity contribution is -0.133. The van der Waals surface area contributed by atoms with Gasteiger partial charge in [-0.25, -0.2) is 8.42 Å². The molecule has 0 radical (unpaired) electrons. The molecule has 1 aliphatic heterocycles. The molecule has 0 spiro atoms. The number of nitrogens with zero attached hydrogens (tertiary/aromatic N) is 3. The zero-order valence-corrected chi connectivity index (χ0v) is 19.2. The van der Waals surface area contributed by atoms with Gasteiger partial charge in [0, 0.05) is 30.3 Å². The van der Waals surface area contributed by atoms with Gasteiger partial charge in [-0.3, -0.25) is 4.79 Å². The lowest BCUT2D eigenvalue weighted by atomic mass is 10.1. The highest BCUT2D eigenvalue weighted by Crippen LogP contribution is 2.32. The fourth-order valence-corrected chi connectivity index (χ4v) is 5.17. The fourth-order valence-electron chi connectivity index (χ4n) is 4.04. The molecule has 4 rings (SSSR count). The highest BCUT2D eigenvalue weighted by Gasteiger charge is 2.35. The summed E-state index contributed by atoms with van der Waals surface area (Å²) in [5.74, 6) is 1.38. The van der Waals surface area contributed by atoms with Gasteiger partial charge in [0.1, 0.15) is 18.1 Å². The third-order valence-electron chi connectivity index (χ3n) is 6.03. The second kappa shape index (κ2) is 8.27. The van der Waals surface area contributed by atoms with E-state index in [1.54, 1.807) is 4.31 Å². The van der Waals surface area contributed by atoms with Crippen molar-refractivity contribution in [2.45, 2.75) is 65.2 Å². The molecular weight excluding hydrogens is 418 g/mol. The number of ether oxygens (including phenoxy) is 1. The first-order valence-corrected chi connectivity index (χ1v) is 12.4. The molecule has 31 heavy (non-hydrogen) atoms. The number of rotatable bonds is 6. The van der Waals surface area contributed by atoms with Crippen molar-refractivity contribution in [3.63, 3.8) is 0 Å². The maximum atomic E-state index is 13.1. The van der Waals surface area contributed by atoms with Crippen molar-refractivity contribution < 1.29 is 22.5 Å². The minimum Gasteiger partial charge on any atom is -0.491 e. The minimum atomic E-state index is -3.28. The number of benzene rings is 1. The number of aryl methyl sites for hydroxylation is 2. The van der Waals surface area contributed by atoms with E-state index < -0.39 is 10.0 Å². The summed E-state index contributed by atoms with van der Waals surface area (Å²) < 4.78 is 37.1. The SMILES string of the molecule is Cc1noc(C)c1CC(=O)N1Cc2cc(CN(C3CC3)S(C)(=O)=O)ccc2OC[C@@H]1C. The van der Waals surface area contributed by atoms with Crippen LogP contribution in [0, 0.1) is 13.8 Å². The monoisotopic (exact) mass is 447 g/mol. The molecule has 0 bridgehead atoms. The van der Waals surface area contributed by atoms with Crippen molar-refractivity contribution in [3.8, 4) is 5.75 Å². The molecule has 1 saturated carbocycles. The van der Waals surface area contributed by atoms with Gasteiger partial charge in [0.2, 0.25) is 15.9 Å². The Morgan fingerprint density at radius 2 is 2.03 bits per heavy atom. The number of hydrogen-bond acceptors (Lipinski definition) is 6. The first kappa shape index (κ1) is 21.8. The van der Waals surface area contributed by atoms with Gasteiger partial charge in [0.25, 0.3) is 0 Å². The minimum absolute atomic E-state index is 0.0144. The second-order valence-corrected chi connectivity index (χ2v) is 10.6. The van der Waals surface area contributed by atoms with Gasteiger partial charge in [-0.1, -0.05) is 11.2 Å². The van der Waals surface area contributed by atoms with Crippen LogP contribution in [0.2, 0.25) is 0 Å². The van der Waals surface area contributed by atoms with Gasteiger partial charge in [-0.2, -0.15) is 4.31 Å². The van der Waals surface area contributed by atoms with Crippen molar-refractivity contribution in [2.75, 3.05) is 12.9 Å². The lowest BCUT2D eigenvalue weighted by Crippen LogP contribution is -2.40. The van der Waals surface area contributed by atoms with Gasteiger partial charge in [0.05, 0.1) is 24.4 Å². The average molecular weight is 448 g/mol. The summed E-state index contributed by atoms with van der Waals surface area (Å²) in [6, 6.07) is 5.75. The predicted octanol–water partition coefficient (Wildman–Crippen LogP) is 2.57. The van der Waals surface area contributed by atoms with Crippen molar-refractivity contribution in [2.24, 2.45) is 0 Å². The van der Waals surface area contributed by atoms with Crippen LogP contribution in [0.25, 0.3) is 0 Å². The van der Waals surface area contributed by atoms with Gasteiger partial charge in [0.15, 0.2) is 0 Å². The highest BCUT2D eigenvalue weighted by molar-refractivity contribution is 7.88. The van der Waals surface area contributed by atoms with E-state index in [-0.39, 0.29) is 24.4 Å². The predicted molar refractivity (Wildman–Crippen MR) is 115 cm³/mol. The Balaban J connectivity index is 1.55. The molecule has 9 heteroatoms. The number of fused-ring (bicyclic) bond motifs is 1. The van der Waals surface area contributed by atoms with Crippen molar-refractivity contribution in [1.82, 2.24) is 14.4 Å². The molecule has 0 unspecified atom stereocenters. The molecule has 1 atom stereocenters. The molecule has 0 saturated heterocycles. The van der Waals surface area contributed by atoms with E-state index in [9.17, 15) is 13.2 Å². The molecule has 8 nitrogen and oxygen atoms in total. The Morgan fingerprint density at radius 1 is 1.29 bits per heavy atom. The summed E-state index contributed by atoms with van der Waals surface area (Å²) in [7, 11) is -3.28. The molecule has 0 N–H and O–H groups in total. The first-order chi connectivity index (χ1) is 14.6. The number of sulfonamides is 1. The van der Waals surface area contributed by atoms with Gasteiger partial charge in [-0.15, -0.1) is 0 Å². The van der Waals surface area contributed by atoms with E-state index in [1.165, 1.54) is 6.26 Å². The van der Waals surface area contributed by atoms with E-state index in [4.69, 9.17) is 9.26 Å². The van der Waals surface area contributed by atoms with Gasteiger partial charge < -0.3 is 14.2 Å². The standard InChI is InChI=1S/C22H29N3O5S/c1-14-13-29-21-8-5-17(11-25(19-6-7-19)31(4,27)28)9-18(21)12-24(14)22(26)10-20-15(2)23-30-16(20)3/h5,8-9,14,19H,6-7,10-13H2,1-4H3/t14-/m0/s1. The zero-order valence-electron chi connectivity index (χ0n) is 18.4. The molecule has 1 aliphatic carbocycles. The second-order valence-electron chi connectivity index (χ2n) is 8.64. The number of carbonyl (C=O) groups excluding carboxylic acids is 1. The summed E-state index contributed by atoms with van der Waals surface area (Å²) in [6.45, 7) is 6.76. The lowest BCUT2D eigenvalue weighted by Gasteiger charge is -2.26. The van der Waals surface area contributed by atoms with Crippen molar-refractivity contribution >= 4 is 15.9 Å². The van der Waals surface area contributed by atoms with Crippen LogP contribution in [0.5, 0.6) is 5.75 Å². The molecule has 1 fully saturated rings. The normalized spacial score (nSPS) is 19.1. The number of hydrogen-bond donors (Lipinski definition) is 0. The van der Waals surface area contributed by atoms with E-state index in [0.717, 1.165) is 41.0 Å². The summed E-state index contributed by atoms with van der Waals surface area (Å²) >= 11 is 0. The van der Waals surface area contributed by atoms with Crippen LogP contribution >= 0.6 is 0 Å². The Labute approximate surface area is 183 Å². The summed E-state index contributed by atoms with van der Waals surface area (Å²) in [5.41, 5.74) is 3.34. The highest BCUT2D eigenvalue weighted by atomic mass is 32.2. The van der Waals surface area contributed by atoms with Crippen LogP contribution in [0.1, 0.15) is 47.9 Å². The number of amides is 1. The third-order valence-corrected chi connectivity index (χ3v) is 7.30. The Bertz CT molecular complexity index is 1070. The van der Waals surface area contributed by atoms with E-state index >= 15 is 0 Å². The van der Waals surface area contributed by atoms with Crippen LogP contribution in [0.3, 0.4) is 0 Å². The molecule has 2 aliphatic rings. The van der Waals surface area contributed by atoms with Crippen LogP contribution < -0.4 is 4.74 Å². The van der Waals surface area contributed by atoms with Crippen molar-refractivity contribution in [3.05, 3.63) is 46.3 Å². The Morgan fingerprint density at radius 3 is 2.65 bits per heavy atom. The number of carbonyl (C=O) groups is 1. The molecule has 2 heterocycles. The molecule has 1 aromatic carbocycles. The quantitative estimate of drug-likeness (QED) is 0.676. The smallest absolute Gasteiger partial charge is 0.227 e. The molecule has 1 amide bonds. The Hall–Kier alpha value is -2.39. The van der Waals surface area contributed by atoms with E-state index in [1.807, 2.05) is 43.9 Å². The Kier molecular flexibility index (Phi) is 5.83. The molecule has 1 aromatic heterocycles. The van der Waals surface area contributed by atoms with Crippen molar-refractivity contribution in [1.29, 1.82) is 0 Å².